The molecule has 1 aliphatic rings. The summed E-state index contributed by atoms with van der Waals surface area (Å²) in [5.74, 6) is 0.0637. The number of aromatic nitrogens is 2. The summed E-state index contributed by atoms with van der Waals surface area (Å²) in [7, 11) is 3.09. The monoisotopic (exact) mass is 415 g/mol. The number of nitrogens with two attached hydrogens (primary N) is 1. The third-order valence-corrected chi connectivity index (χ3v) is 5.30. The highest BCUT2D eigenvalue weighted by Crippen LogP contribution is 2.36. The summed E-state index contributed by atoms with van der Waals surface area (Å²) in [6, 6.07) is 5.30. The number of rotatable bonds is 9. The minimum absolute atomic E-state index is 0.0679. The van der Waals surface area contributed by atoms with Gasteiger partial charge in [-0.25, -0.2) is 4.68 Å². The molecule has 2 heterocycles. The largest absolute Gasteiger partial charge is 0.497 e. The molecule has 1 saturated heterocycles. The molecule has 1 aromatic heterocycles. The Balaban J connectivity index is 2.23. The van der Waals surface area contributed by atoms with Crippen molar-refractivity contribution in [1.82, 2.24) is 15.1 Å². The van der Waals surface area contributed by atoms with Gasteiger partial charge in [-0.3, -0.25) is 9.59 Å². The molecule has 2 aromatic rings. The predicted octanol–water partition coefficient (Wildman–Crippen LogP) is 1.69. The van der Waals surface area contributed by atoms with Crippen molar-refractivity contribution in [2.75, 3.05) is 39.2 Å². The molecule has 2 atom stereocenters. The second-order valence-electron chi connectivity index (χ2n) is 7.28. The SMILES string of the molecule is CCNc1c(C(N)=O)c(C(C(C)=O)c2cc(OC)cc(OC)c2)nn1C1CCNC1. The van der Waals surface area contributed by atoms with Crippen molar-refractivity contribution in [3.8, 4) is 11.5 Å². The number of amides is 1. The van der Waals surface area contributed by atoms with Gasteiger partial charge in [0.05, 0.1) is 31.9 Å². The maximum Gasteiger partial charge on any atom is 0.254 e. The van der Waals surface area contributed by atoms with E-state index in [1.54, 1.807) is 37.1 Å². The fourth-order valence-electron chi connectivity index (χ4n) is 3.93. The van der Waals surface area contributed by atoms with Crippen molar-refractivity contribution in [1.29, 1.82) is 0 Å². The van der Waals surface area contributed by atoms with Gasteiger partial charge in [-0.05, 0) is 44.5 Å². The van der Waals surface area contributed by atoms with Gasteiger partial charge in [0.15, 0.2) is 0 Å². The molecule has 1 aliphatic heterocycles. The summed E-state index contributed by atoms with van der Waals surface area (Å²) < 4.78 is 12.5. The number of anilines is 1. The van der Waals surface area contributed by atoms with Crippen LogP contribution in [0.4, 0.5) is 5.82 Å². The molecule has 0 bridgehead atoms. The molecule has 9 heteroatoms. The van der Waals surface area contributed by atoms with Gasteiger partial charge in [0.1, 0.15) is 28.7 Å². The van der Waals surface area contributed by atoms with Crippen molar-refractivity contribution in [3.05, 3.63) is 35.0 Å². The number of benzene rings is 1. The first-order valence-electron chi connectivity index (χ1n) is 10.0. The van der Waals surface area contributed by atoms with Gasteiger partial charge in [-0.15, -0.1) is 0 Å². The van der Waals surface area contributed by atoms with E-state index in [0.717, 1.165) is 19.5 Å². The molecule has 1 aromatic carbocycles. The molecular weight excluding hydrogens is 386 g/mol. The van der Waals surface area contributed by atoms with Gasteiger partial charge in [-0.2, -0.15) is 5.10 Å². The summed E-state index contributed by atoms with van der Waals surface area (Å²) in [6.07, 6.45) is 0.870. The second-order valence-corrected chi connectivity index (χ2v) is 7.28. The third-order valence-electron chi connectivity index (χ3n) is 5.30. The fourth-order valence-corrected chi connectivity index (χ4v) is 3.93. The van der Waals surface area contributed by atoms with Crippen LogP contribution in [0.2, 0.25) is 0 Å². The number of hydrogen-bond donors (Lipinski definition) is 3. The van der Waals surface area contributed by atoms with Crippen LogP contribution in [-0.4, -0.2) is 55.3 Å². The number of nitrogens with one attached hydrogen (secondary N) is 2. The quantitative estimate of drug-likeness (QED) is 0.570. The zero-order valence-corrected chi connectivity index (χ0v) is 17.8. The number of carbonyl (C=O) groups is 2. The maximum atomic E-state index is 12.8. The Bertz CT molecular complexity index is 911. The fraction of sp³-hybridized carbons (Fsp3) is 0.476. The summed E-state index contributed by atoms with van der Waals surface area (Å²) in [6.45, 7) is 5.59. The molecule has 0 saturated carbocycles. The van der Waals surface area contributed by atoms with Gasteiger partial charge < -0.3 is 25.8 Å². The number of methoxy groups -OCH3 is 2. The molecule has 1 fully saturated rings. The molecule has 162 valence electrons. The standard InChI is InChI=1S/C21H29N5O4/c1-5-24-21-18(20(22)28)19(25-26(21)14-6-7-23-11-14)17(12(2)27)13-8-15(29-3)10-16(9-13)30-4/h8-10,14,17,23-24H,5-7,11H2,1-4H3,(H2,22,28). The Morgan fingerprint density at radius 2 is 1.97 bits per heavy atom. The van der Waals surface area contributed by atoms with Crippen molar-refractivity contribution >= 4 is 17.5 Å². The lowest BCUT2D eigenvalue weighted by molar-refractivity contribution is -0.117. The van der Waals surface area contributed by atoms with Gasteiger partial charge in [-0.1, -0.05) is 0 Å². The lowest BCUT2D eigenvalue weighted by Crippen LogP contribution is -2.20. The zero-order valence-electron chi connectivity index (χ0n) is 17.8. The Kier molecular flexibility index (Phi) is 6.61. The molecule has 30 heavy (non-hydrogen) atoms. The van der Waals surface area contributed by atoms with Crippen LogP contribution in [0, 0.1) is 0 Å². The van der Waals surface area contributed by atoms with Crippen LogP contribution in [-0.2, 0) is 4.79 Å². The average molecular weight is 415 g/mol. The lowest BCUT2D eigenvalue weighted by atomic mass is 9.89. The van der Waals surface area contributed by atoms with Crippen molar-refractivity contribution in [2.45, 2.75) is 32.2 Å². The molecular formula is C21H29N5O4. The van der Waals surface area contributed by atoms with Crippen LogP contribution < -0.4 is 25.8 Å². The first-order chi connectivity index (χ1) is 14.4. The number of Topliss-reactive ketones (excluding diaryl/α,β-unsaturated/α-hetero) is 1. The third kappa shape index (κ3) is 4.11. The van der Waals surface area contributed by atoms with E-state index in [1.165, 1.54) is 6.92 Å². The van der Waals surface area contributed by atoms with E-state index < -0.39 is 11.8 Å². The summed E-state index contributed by atoms with van der Waals surface area (Å²) in [5, 5.41) is 11.3. The highest BCUT2D eigenvalue weighted by molar-refractivity contribution is 6.01. The van der Waals surface area contributed by atoms with E-state index in [9.17, 15) is 9.59 Å². The van der Waals surface area contributed by atoms with Crippen molar-refractivity contribution in [2.24, 2.45) is 5.73 Å². The van der Waals surface area contributed by atoms with Gasteiger partial charge in [0.25, 0.3) is 5.91 Å². The molecule has 9 nitrogen and oxygen atoms in total. The van der Waals surface area contributed by atoms with Gasteiger partial charge >= 0.3 is 0 Å². The van der Waals surface area contributed by atoms with Crippen LogP contribution in [0.5, 0.6) is 11.5 Å². The Hall–Kier alpha value is -3.07. The highest BCUT2D eigenvalue weighted by Gasteiger charge is 2.34. The molecule has 0 aliphatic carbocycles. The minimum Gasteiger partial charge on any atom is -0.497 e. The molecule has 4 N–H and O–H groups in total. The normalized spacial score (nSPS) is 16.9. The van der Waals surface area contributed by atoms with Crippen LogP contribution in [0.1, 0.15) is 53.8 Å². The van der Waals surface area contributed by atoms with Crippen LogP contribution in [0.25, 0.3) is 0 Å². The first kappa shape index (κ1) is 21.6. The Morgan fingerprint density at radius 3 is 2.43 bits per heavy atom. The minimum atomic E-state index is -0.787. The van der Waals surface area contributed by atoms with Crippen LogP contribution in [0.3, 0.4) is 0 Å². The Labute approximate surface area is 175 Å². The smallest absolute Gasteiger partial charge is 0.254 e. The number of nitrogens with zero attached hydrogens (tertiary/aromatic N) is 2. The molecule has 0 spiro atoms. The molecule has 0 radical (unpaired) electrons. The second kappa shape index (κ2) is 9.17. The molecule has 2 unspecified atom stereocenters. The van der Waals surface area contributed by atoms with Crippen LogP contribution in [0.15, 0.2) is 18.2 Å². The van der Waals surface area contributed by atoms with E-state index >= 15 is 0 Å². The summed E-state index contributed by atoms with van der Waals surface area (Å²) >= 11 is 0. The number of ether oxygens (including phenoxy) is 2. The van der Waals surface area contributed by atoms with Crippen molar-refractivity contribution in [3.63, 3.8) is 0 Å². The number of primary amides is 1. The summed E-state index contributed by atoms with van der Waals surface area (Å²) in [4.78, 5) is 25.3. The lowest BCUT2D eigenvalue weighted by Gasteiger charge is -2.16. The van der Waals surface area contributed by atoms with Gasteiger partial charge in [0.2, 0.25) is 0 Å². The van der Waals surface area contributed by atoms with E-state index in [1.807, 2.05) is 6.92 Å². The molecule has 3 rings (SSSR count). The van der Waals surface area contributed by atoms with Crippen molar-refractivity contribution < 1.29 is 19.1 Å². The first-order valence-corrected chi connectivity index (χ1v) is 10.0. The average Bonchev–Trinajstić information content (AvgIpc) is 3.36. The van der Waals surface area contributed by atoms with Gasteiger partial charge in [0, 0.05) is 19.2 Å². The number of carbonyl (C=O) groups excluding carboxylic acids is 2. The summed E-state index contributed by atoms with van der Waals surface area (Å²) in [5.41, 5.74) is 6.98. The van der Waals surface area contributed by atoms with Crippen LogP contribution >= 0.6 is 0 Å². The maximum absolute atomic E-state index is 12.8. The highest BCUT2D eigenvalue weighted by atomic mass is 16.5. The topological polar surface area (TPSA) is 120 Å². The zero-order chi connectivity index (χ0) is 21.8. The van der Waals surface area contributed by atoms with E-state index in [4.69, 9.17) is 20.3 Å². The Morgan fingerprint density at radius 1 is 1.30 bits per heavy atom. The van der Waals surface area contributed by atoms with E-state index in [0.29, 0.717) is 35.1 Å². The van der Waals surface area contributed by atoms with E-state index in [2.05, 4.69) is 10.6 Å². The predicted molar refractivity (Wildman–Crippen MR) is 114 cm³/mol. The molecule has 1 amide bonds. The number of ketones is 1. The van der Waals surface area contributed by atoms with E-state index in [-0.39, 0.29) is 17.4 Å². The number of hydrogen-bond acceptors (Lipinski definition) is 7.